The predicted molar refractivity (Wildman–Crippen MR) is 112 cm³/mol. The van der Waals surface area contributed by atoms with E-state index in [0.717, 1.165) is 61.0 Å². The van der Waals surface area contributed by atoms with Crippen LogP contribution in [0.2, 0.25) is 0 Å². The molecule has 28 heavy (non-hydrogen) atoms. The van der Waals surface area contributed by atoms with Gasteiger partial charge in [-0.05, 0) is 57.3 Å². The lowest BCUT2D eigenvalue weighted by atomic mass is 9.66. The summed E-state index contributed by atoms with van der Waals surface area (Å²) in [5.41, 5.74) is 1.09. The summed E-state index contributed by atoms with van der Waals surface area (Å²) in [6, 6.07) is 0. The fourth-order valence-corrected chi connectivity index (χ4v) is 6.59. The minimum absolute atomic E-state index is 0.154. The molecule has 6 heteroatoms. The standard InChI is InChI=1S/C22H33N3O2S/c1-16-20(28-17(2)23-16)21(27)25-14-18(22(15-25)10-4-3-5-11-22)8-9-19(26)24-12-6-7-13-24/h18H,3-15H2,1-2H3. The van der Waals surface area contributed by atoms with Gasteiger partial charge in [0.2, 0.25) is 5.91 Å². The van der Waals surface area contributed by atoms with Crippen LogP contribution < -0.4 is 0 Å². The molecule has 1 aromatic rings. The molecule has 2 saturated heterocycles. The molecular formula is C22H33N3O2S. The first-order valence-corrected chi connectivity index (χ1v) is 11.8. The van der Waals surface area contributed by atoms with E-state index in [1.165, 1.54) is 43.4 Å². The number of likely N-dealkylation sites (tertiary alicyclic amines) is 2. The van der Waals surface area contributed by atoms with Gasteiger partial charge >= 0.3 is 0 Å². The van der Waals surface area contributed by atoms with E-state index < -0.39 is 0 Å². The highest BCUT2D eigenvalue weighted by Crippen LogP contribution is 2.49. The quantitative estimate of drug-likeness (QED) is 0.758. The number of rotatable bonds is 4. The highest BCUT2D eigenvalue weighted by molar-refractivity contribution is 7.13. The van der Waals surface area contributed by atoms with E-state index in [0.29, 0.717) is 18.2 Å². The van der Waals surface area contributed by atoms with E-state index in [9.17, 15) is 9.59 Å². The maximum absolute atomic E-state index is 13.2. The third-order valence-corrected chi connectivity index (χ3v) is 8.27. The van der Waals surface area contributed by atoms with Gasteiger partial charge in [-0.1, -0.05) is 19.3 Å². The number of carbonyl (C=O) groups is 2. The molecule has 1 unspecified atom stereocenters. The predicted octanol–water partition coefficient (Wildman–Crippen LogP) is 4.19. The number of hydrogen-bond donors (Lipinski definition) is 0. The molecule has 4 rings (SSSR count). The van der Waals surface area contributed by atoms with Gasteiger partial charge in [-0.3, -0.25) is 9.59 Å². The normalized spacial score (nSPS) is 24.3. The fourth-order valence-electron chi connectivity index (χ4n) is 5.70. The third kappa shape index (κ3) is 3.85. The molecule has 154 valence electrons. The first-order chi connectivity index (χ1) is 13.5. The Morgan fingerprint density at radius 1 is 1.07 bits per heavy atom. The summed E-state index contributed by atoms with van der Waals surface area (Å²) < 4.78 is 0. The monoisotopic (exact) mass is 403 g/mol. The molecule has 3 fully saturated rings. The van der Waals surface area contributed by atoms with Crippen molar-refractivity contribution in [3.05, 3.63) is 15.6 Å². The molecule has 0 N–H and O–H groups in total. The first-order valence-electron chi connectivity index (χ1n) is 11.0. The van der Waals surface area contributed by atoms with Gasteiger partial charge in [-0.15, -0.1) is 11.3 Å². The second-order valence-electron chi connectivity index (χ2n) is 9.08. The van der Waals surface area contributed by atoms with Crippen LogP contribution in [0.3, 0.4) is 0 Å². The van der Waals surface area contributed by atoms with Crippen LogP contribution in [-0.4, -0.2) is 52.8 Å². The molecule has 3 aliphatic rings. The fraction of sp³-hybridized carbons (Fsp3) is 0.773. The average molecular weight is 404 g/mol. The van der Waals surface area contributed by atoms with Gasteiger partial charge in [-0.25, -0.2) is 4.98 Å². The second kappa shape index (κ2) is 8.13. The summed E-state index contributed by atoms with van der Waals surface area (Å²) in [4.78, 5) is 35.2. The summed E-state index contributed by atoms with van der Waals surface area (Å²) in [5.74, 6) is 0.932. The molecule has 1 atom stereocenters. The van der Waals surface area contributed by atoms with E-state index in [1.807, 2.05) is 18.7 Å². The van der Waals surface area contributed by atoms with Gasteiger partial charge in [0.05, 0.1) is 10.7 Å². The smallest absolute Gasteiger partial charge is 0.265 e. The van der Waals surface area contributed by atoms with Crippen LogP contribution in [0.1, 0.15) is 78.2 Å². The lowest BCUT2D eigenvalue weighted by molar-refractivity contribution is -0.130. The minimum Gasteiger partial charge on any atom is -0.343 e. The Balaban J connectivity index is 1.47. The maximum Gasteiger partial charge on any atom is 0.265 e. The van der Waals surface area contributed by atoms with Crippen LogP contribution in [0, 0.1) is 25.2 Å². The van der Waals surface area contributed by atoms with Crippen molar-refractivity contribution in [3.8, 4) is 0 Å². The molecule has 1 aliphatic carbocycles. The number of aromatic nitrogens is 1. The van der Waals surface area contributed by atoms with Gasteiger partial charge in [0.15, 0.2) is 0 Å². The Hall–Kier alpha value is -1.43. The molecule has 5 nitrogen and oxygen atoms in total. The number of carbonyl (C=O) groups excluding carboxylic acids is 2. The van der Waals surface area contributed by atoms with Crippen molar-refractivity contribution in [1.29, 1.82) is 0 Å². The SMILES string of the molecule is Cc1nc(C)c(C(=O)N2CC(CCC(=O)N3CCCC3)C3(CCCCC3)C2)s1. The molecule has 1 spiro atoms. The molecule has 3 heterocycles. The zero-order valence-electron chi connectivity index (χ0n) is 17.3. The van der Waals surface area contributed by atoms with Crippen LogP contribution in [0.4, 0.5) is 0 Å². The zero-order chi connectivity index (χ0) is 19.7. The highest BCUT2D eigenvalue weighted by atomic mass is 32.1. The van der Waals surface area contributed by atoms with Crippen LogP contribution >= 0.6 is 11.3 Å². The van der Waals surface area contributed by atoms with Crippen LogP contribution in [0.15, 0.2) is 0 Å². The van der Waals surface area contributed by atoms with Crippen LogP contribution in [-0.2, 0) is 4.79 Å². The minimum atomic E-state index is 0.154. The Morgan fingerprint density at radius 2 is 1.79 bits per heavy atom. The van der Waals surface area contributed by atoms with Crippen molar-refractivity contribution in [1.82, 2.24) is 14.8 Å². The second-order valence-corrected chi connectivity index (χ2v) is 10.3. The van der Waals surface area contributed by atoms with Gasteiger partial charge < -0.3 is 9.80 Å². The molecule has 0 radical (unpaired) electrons. The largest absolute Gasteiger partial charge is 0.343 e. The highest BCUT2D eigenvalue weighted by Gasteiger charge is 2.48. The molecule has 1 aromatic heterocycles. The number of amides is 2. The first kappa shape index (κ1) is 19.9. The molecule has 1 saturated carbocycles. The van der Waals surface area contributed by atoms with Gasteiger partial charge in [-0.2, -0.15) is 0 Å². The third-order valence-electron chi connectivity index (χ3n) is 7.21. The molecule has 0 bridgehead atoms. The lowest BCUT2D eigenvalue weighted by Gasteiger charge is -2.38. The van der Waals surface area contributed by atoms with E-state index >= 15 is 0 Å². The van der Waals surface area contributed by atoms with Gasteiger partial charge in [0.1, 0.15) is 4.88 Å². The van der Waals surface area contributed by atoms with Gasteiger partial charge in [0.25, 0.3) is 5.91 Å². The van der Waals surface area contributed by atoms with E-state index in [4.69, 9.17) is 0 Å². The number of aryl methyl sites for hydroxylation is 2. The Kier molecular flexibility index (Phi) is 5.77. The number of hydrogen-bond acceptors (Lipinski definition) is 4. The van der Waals surface area contributed by atoms with E-state index in [1.54, 1.807) is 0 Å². The van der Waals surface area contributed by atoms with Crippen molar-refractivity contribution < 1.29 is 9.59 Å². The molecule has 0 aromatic carbocycles. The molecule has 2 amide bonds. The van der Waals surface area contributed by atoms with E-state index in [2.05, 4.69) is 9.88 Å². The summed E-state index contributed by atoms with van der Waals surface area (Å²) in [7, 11) is 0. The summed E-state index contributed by atoms with van der Waals surface area (Å²) >= 11 is 1.52. The van der Waals surface area contributed by atoms with Crippen molar-refractivity contribution in [2.24, 2.45) is 11.3 Å². The zero-order valence-corrected chi connectivity index (χ0v) is 18.2. The number of nitrogens with zero attached hydrogens (tertiary/aromatic N) is 3. The summed E-state index contributed by atoms with van der Waals surface area (Å²) in [6.45, 7) is 7.45. The van der Waals surface area contributed by atoms with Crippen LogP contribution in [0.25, 0.3) is 0 Å². The summed E-state index contributed by atoms with van der Waals surface area (Å²) in [6.07, 6.45) is 10.1. The summed E-state index contributed by atoms with van der Waals surface area (Å²) in [5, 5.41) is 0.959. The topological polar surface area (TPSA) is 53.5 Å². The van der Waals surface area contributed by atoms with Gasteiger partial charge in [0, 0.05) is 32.6 Å². The average Bonchev–Trinajstić information content (AvgIpc) is 3.40. The lowest BCUT2D eigenvalue weighted by Crippen LogP contribution is -2.35. The Labute approximate surface area is 172 Å². The van der Waals surface area contributed by atoms with Crippen molar-refractivity contribution in [3.63, 3.8) is 0 Å². The van der Waals surface area contributed by atoms with Crippen molar-refractivity contribution in [2.45, 2.75) is 71.6 Å². The molecular weight excluding hydrogens is 370 g/mol. The van der Waals surface area contributed by atoms with E-state index in [-0.39, 0.29) is 11.3 Å². The van der Waals surface area contributed by atoms with Crippen molar-refractivity contribution in [2.75, 3.05) is 26.2 Å². The van der Waals surface area contributed by atoms with Crippen LogP contribution in [0.5, 0.6) is 0 Å². The Morgan fingerprint density at radius 3 is 2.43 bits per heavy atom. The van der Waals surface area contributed by atoms with Crippen molar-refractivity contribution >= 4 is 23.2 Å². The molecule has 2 aliphatic heterocycles. The number of thiazole rings is 1. The maximum atomic E-state index is 13.2. The Bertz CT molecular complexity index is 732.